The molecule has 1 aromatic heterocycles. The lowest BCUT2D eigenvalue weighted by atomic mass is 10.4. The number of nitrogens with one attached hydrogen (secondary N) is 1. The highest BCUT2D eigenvalue weighted by Crippen LogP contribution is 1.94. The van der Waals surface area contributed by atoms with Gasteiger partial charge in [-0.2, -0.15) is 5.10 Å². The van der Waals surface area contributed by atoms with Crippen molar-refractivity contribution in [2.45, 2.75) is 13.3 Å². The molecular formula is C8H11N3O2. The van der Waals surface area contributed by atoms with E-state index < -0.39 is 0 Å². The number of carbonyl (C=O) groups is 1. The van der Waals surface area contributed by atoms with Crippen LogP contribution in [0.15, 0.2) is 12.4 Å². The van der Waals surface area contributed by atoms with E-state index in [0.717, 1.165) is 0 Å². The molecule has 0 unspecified atom stereocenters. The van der Waals surface area contributed by atoms with Gasteiger partial charge in [-0.05, 0) is 13.0 Å². The molecule has 0 radical (unpaired) electrons. The number of carbonyl (C=O) groups excluding carboxylic acids is 1. The molecule has 0 atom stereocenters. The molecule has 13 heavy (non-hydrogen) atoms. The molecule has 1 aromatic rings. The SMILES string of the molecule is CCOC(=O)CC=Cc1ncn[nH]1. The number of ether oxygens (including phenoxy) is 1. The average Bonchev–Trinajstić information content (AvgIpc) is 2.57. The fourth-order valence-corrected chi connectivity index (χ4v) is 0.782. The molecule has 70 valence electrons. The number of H-pyrrole nitrogens is 1. The summed E-state index contributed by atoms with van der Waals surface area (Å²) in [5, 5.41) is 6.30. The van der Waals surface area contributed by atoms with Crippen LogP contribution in [-0.2, 0) is 9.53 Å². The van der Waals surface area contributed by atoms with Crippen LogP contribution in [0.25, 0.3) is 6.08 Å². The van der Waals surface area contributed by atoms with E-state index in [2.05, 4.69) is 15.2 Å². The van der Waals surface area contributed by atoms with Crippen LogP contribution in [0.1, 0.15) is 19.2 Å². The highest BCUT2D eigenvalue weighted by molar-refractivity contribution is 5.72. The third kappa shape index (κ3) is 3.50. The number of aromatic amines is 1. The van der Waals surface area contributed by atoms with Crippen molar-refractivity contribution in [2.24, 2.45) is 0 Å². The standard InChI is InChI=1S/C8H11N3O2/c1-2-13-8(12)5-3-4-7-9-6-10-11-7/h3-4,6H,2,5H2,1H3,(H,9,10,11). The monoisotopic (exact) mass is 181 g/mol. The Morgan fingerprint density at radius 3 is 3.23 bits per heavy atom. The summed E-state index contributed by atoms with van der Waals surface area (Å²) < 4.78 is 4.72. The number of nitrogens with zero attached hydrogens (tertiary/aromatic N) is 2. The lowest BCUT2D eigenvalue weighted by Crippen LogP contribution is -2.01. The molecular weight excluding hydrogens is 170 g/mol. The van der Waals surface area contributed by atoms with E-state index in [4.69, 9.17) is 4.74 Å². The Balaban J connectivity index is 2.30. The van der Waals surface area contributed by atoms with Gasteiger partial charge >= 0.3 is 5.97 Å². The fraction of sp³-hybridized carbons (Fsp3) is 0.375. The maximum absolute atomic E-state index is 10.9. The van der Waals surface area contributed by atoms with Gasteiger partial charge in [0.2, 0.25) is 0 Å². The fourth-order valence-electron chi connectivity index (χ4n) is 0.782. The van der Waals surface area contributed by atoms with Crippen LogP contribution >= 0.6 is 0 Å². The summed E-state index contributed by atoms with van der Waals surface area (Å²) in [6, 6.07) is 0. The van der Waals surface area contributed by atoms with Crippen molar-refractivity contribution < 1.29 is 9.53 Å². The van der Waals surface area contributed by atoms with Crippen LogP contribution in [0.3, 0.4) is 0 Å². The highest BCUT2D eigenvalue weighted by atomic mass is 16.5. The summed E-state index contributed by atoms with van der Waals surface area (Å²) in [7, 11) is 0. The first kappa shape index (κ1) is 9.44. The van der Waals surface area contributed by atoms with Crippen molar-refractivity contribution >= 4 is 12.0 Å². The third-order valence-electron chi connectivity index (χ3n) is 1.30. The Morgan fingerprint density at radius 2 is 2.62 bits per heavy atom. The zero-order valence-electron chi connectivity index (χ0n) is 7.36. The molecule has 0 bridgehead atoms. The molecule has 5 heteroatoms. The van der Waals surface area contributed by atoms with E-state index in [-0.39, 0.29) is 12.4 Å². The molecule has 0 aliphatic heterocycles. The molecule has 1 N–H and O–H groups in total. The van der Waals surface area contributed by atoms with Gasteiger partial charge in [0, 0.05) is 0 Å². The van der Waals surface area contributed by atoms with Gasteiger partial charge in [-0.1, -0.05) is 6.08 Å². The predicted octanol–water partition coefficient (Wildman–Crippen LogP) is 0.771. The lowest BCUT2D eigenvalue weighted by Gasteiger charge is -1.95. The minimum atomic E-state index is -0.238. The molecule has 0 spiro atoms. The number of esters is 1. The predicted molar refractivity (Wildman–Crippen MR) is 46.7 cm³/mol. The third-order valence-corrected chi connectivity index (χ3v) is 1.30. The van der Waals surface area contributed by atoms with E-state index >= 15 is 0 Å². The number of hydrogen-bond donors (Lipinski definition) is 1. The van der Waals surface area contributed by atoms with Crippen LogP contribution < -0.4 is 0 Å². The molecule has 0 fully saturated rings. The zero-order chi connectivity index (χ0) is 9.52. The molecule has 0 saturated carbocycles. The summed E-state index contributed by atoms with van der Waals surface area (Å²) in [4.78, 5) is 14.7. The van der Waals surface area contributed by atoms with Crippen LogP contribution in [0.4, 0.5) is 0 Å². The Labute approximate surface area is 75.8 Å². The van der Waals surface area contributed by atoms with Crippen LogP contribution in [-0.4, -0.2) is 27.8 Å². The van der Waals surface area contributed by atoms with Crippen molar-refractivity contribution in [3.8, 4) is 0 Å². The Morgan fingerprint density at radius 1 is 1.77 bits per heavy atom. The van der Waals surface area contributed by atoms with Crippen LogP contribution in [0.5, 0.6) is 0 Å². The Bertz CT molecular complexity index is 280. The van der Waals surface area contributed by atoms with Gasteiger partial charge in [0.25, 0.3) is 0 Å². The zero-order valence-corrected chi connectivity index (χ0v) is 7.36. The number of hydrogen-bond acceptors (Lipinski definition) is 4. The van der Waals surface area contributed by atoms with Crippen molar-refractivity contribution in [2.75, 3.05) is 6.61 Å². The van der Waals surface area contributed by atoms with E-state index in [1.54, 1.807) is 19.1 Å². The van der Waals surface area contributed by atoms with Crippen molar-refractivity contribution in [1.29, 1.82) is 0 Å². The van der Waals surface area contributed by atoms with Gasteiger partial charge in [0.1, 0.15) is 12.2 Å². The first-order valence-electron chi connectivity index (χ1n) is 4.00. The molecule has 0 aromatic carbocycles. The van der Waals surface area contributed by atoms with Gasteiger partial charge in [0.15, 0.2) is 0 Å². The van der Waals surface area contributed by atoms with E-state index in [1.165, 1.54) is 6.33 Å². The molecule has 0 aliphatic carbocycles. The molecule has 0 aliphatic rings. The second-order valence-corrected chi connectivity index (χ2v) is 2.28. The summed E-state index contributed by atoms with van der Waals surface area (Å²) >= 11 is 0. The van der Waals surface area contributed by atoms with Crippen LogP contribution in [0, 0.1) is 0 Å². The number of aromatic nitrogens is 3. The van der Waals surface area contributed by atoms with Crippen molar-refractivity contribution in [1.82, 2.24) is 15.2 Å². The van der Waals surface area contributed by atoms with Gasteiger partial charge in [-0.25, -0.2) is 4.98 Å². The summed E-state index contributed by atoms with van der Waals surface area (Å²) in [6.07, 6.45) is 5.03. The Hall–Kier alpha value is -1.65. The quantitative estimate of drug-likeness (QED) is 0.696. The second-order valence-electron chi connectivity index (χ2n) is 2.28. The first-order valence-corrected chi connectivity index (χ1v) is 4.00. The van der Waals surface area contributed by atoms with Gasteiger partial charge in [-0.3, -0.25) is 9.89 Å². The van der Waals surface area contributed by atoms with Crippen molar-refractivity contribution in [3.05, 3.63) is 18.2 Å². The molecule has 1 rings (SSSR count). The summed E-state index contributed by atoms with van der Waals surface area (Å²) in [5.41, 5.74) is 0. The molecule has 0 amide bonds. The topological polar surface area (TPSA) is 67.9 Å². The largest absolute Gasteiger partial charge is 0.466 e. The minimum absolute atomic E-state index is 0.238. The van der Waals surface area contributed by atoms with E-state index in [9.17, 15) is 4.79 Å². The lowest BCUT2D eigenvalue weighted by molar-refractivity contribution is -0.142. The summed E-state index contributed by atoms with van der Waals surface area (Å²) in [6.45, 7) is 2.19. The maximum atomic E-state index is 10.9. The normalized spacial score (nSPS) is 10.5. The van der Waals surface area contributed by atoms with Gasteiger partial charge in [0.05, 0.1) is 13.0 Å². The first-order chi connectivity index (χ1) is 6.33. The number of rotatable bonds is 4. The average molecular weight is 181 g/mol. The molecule has 0 saturated heterocycles. The van der Waals surface area contributed by atoms with E-state index in [0.29, 0.717) is 12.4 Å². The minimum Gasteiger partial charge on any atom is -0.466 e. The molecule has 5 nitrogen and oxygen atoms in total. The maximum Gasteiger partial charge on any atom is 0.309 e. The van der Waals surface area contributed by atoms with E-state index in [1.807, 2.05) is 0 Å². The highest BCUT2D eigenvalue weighted by Gasteiger charge is 1.96. The second kappa shape index (κ2) is 5.08. The van der Waals surface area contributed by atoms with Gasteiger partial charge < -0.3 is 4.74 Å². The molecule has 1 heterocycles. The van der Waals surface area contributed by atoms with Gasteiger partial charge in [-0.15, -0.1) is 0 Å². The smallest absolute Gasteiger partial charge is 0.309 e. The Kier molecular flexibility index (Phi) is 3.69. The van der Waals surface area contributed by atoms with Crippen molar-refractivity contribution in [3.63, 3.8) is 0 Å². The van der Waals surface area contributed by atoms with Crippen LogP contribution in [0.2, 0.25) is 0 Å². The summed E-state index contributed by atoms with van der Waals surface area (Å²) in [5.74, 6) is 0.391.